The van der Waals surface area contributed by atoms with Gasteiger partial charge in [-0.05, 0) is 60.8 Å². The second-order valence-corrected chi connectivity index (χ2v) is 9.15. The number of rotatable bonds is 5. The lowest BCUT2D eigenvalue weighted by molar-refractivity contribution is -0.136. The first-order chi connectivity index (χ1) is 14.0. The minimum atomic E-state index is -0.560. The molecule has 154 valence electrons. The number of carbonyl (C=O) groups excluding carboxylic acids is 3. The Bertz CT molecular complexity index is 879. The van der Waals surface area contributed by atoms with Crippen molar-refractivity contribution in [1.82, 2.24) is 15.5 Å². The van der Waals surface area contributed by atoms with Gasteiger partial charge in [-0.25, -0.2) is 0 Å². The lowest BCUT2D eigenvalue weighted by atomic mass is 9.47. The summed E-state index contributed by atoms with van der Waals surface area (Å²) in [6.07, 6.45) is 5.65. The molecule has 7 nitrogen and oxygen atoms in total. The Morgan fingerprint density at radius 3 is 2.76 bits per heavy atom. The molecular formula is C22H28N4O3. The number of benzene rings is 1. The molecule has 4 N–H and O–H groups in total. The average Bonchev–Trinajstić information content (AvgIpc) is 2.95. The van der Waals surface area contributed by atoms with Crippen molar-refractivity contribution in [2.45, 2.75) is 63.7 Å². The van der Waals surface area contributed by atoms with Gasteiger partial charge < -0.3 is 16.0 Å². The van der Waals surface area contributed by atoms with E-state index in [0.29, 0.717) is 35.9 Å². The van der Waals surface area contributed by atoms with E-state index in [-0.39, 0.29) is 24.1 Å². The van der Waals surface area contributed by atoms with Gasteiger partial charge in [0.2, 0.25) is 11.8 Å². The van der Waals surface area contributed by atoms with Crippen LogP contribution < -0.4 is 16.4 Å². The Labute approximate surface area is 170 Å². The normalized spacial score (nSPS) is 30.0. The maximum atomic E-state index is 12.8. The topological polar surface area (TPSA) is 105 Å². The van der Waals surface area contributed by atoms with Gasteiger partial charge in [-0.1, -0.05) is 18.6 Å². The zero-order valence-corrected chi connectivity index (χ0v) is 16.6. The number of hydrogen-bond acceptors (Lipinski definition) is 5. The third-order valence-electron chi connectivity index (χ3n) is 7.68. The highest BCUT2D eigenvalue weighted by molar-refractivity contribution is 6.05. The molecule has 29 heavy (non-hydrogen) atoms. The highest BCUT2D eigenvalue weighted by Crippen LogP contribution is 2.58. The number of hydrogen-bond donors (Lipinski definition) is 3. The van der Waals surface area contributed by atoms with Gasteiger partial charge in [0, 0.05) is 31.1 Å². The van der Waals surface area contributed by atoms with Crippen molar-refractivity contribution in [2.75, 3.05) is 6.54 Å². The zero-order valence-electron chi connectivity index (χ0n) is 16.6. The summed E-state index contributed by atoms with van der Waals surface area (Å²) >= 11 is 0. The molecule has 2 aliphatic heterocycles. The van der Waals surface area contributed by atoms with Crippen molar-refractivity contribution in [3.8, 4) is 0 Å². The predicted molar refractivity (Wildman–Crippen MR) is 107 cm³/mol. The Hall–Kier alpha value is -2.25. The fourth-order valence-corrected chi connectivity index (χ4v) is 5.70. The van der Waals surface area contributed by atoms with Gasteiger partial charge >= 0.3 is 0 Å². The lowest BCUT2D eigenvalue weighted by Crippen LogP contribution is -2.63. The van der Waals surface area contributed by atoms with Crippen LogP contribution in [-0.4, -0.2) is 41.2 Å². The third-order valence-corrected chi connectivity index (χ3v) is 7.68. The quantitative estimate of drug-likeness (QED) is 0.646. The monoisotopic (exact) mass is 396 g/mol. The molecule has 0 aromatic heterocycles. The van der Waals surface area contributed by atoms with Crippen LogP contribution >= 0.6 is 0 Å². The Morgan fingerprint density at radius 2 is 2.07 bits per heavy atom. The summed E-state index contributed by atoms with van der Waals surface area (Å²) < 4.78 is 0. The summed E-state index contributed by atoms with van der Waals surface area (Å²) in [5.74, 6) is -0.0672. The average molecular weight is 396 g/mol. The standard InChI is InChI=1S/C22H28N4O3/c23-18-9-15(22(18)6-1-7-22)11-24-10-13-2-3-16-14(8-13)12-26(21(16)29)17-4-5-19(27)25-20(17)28/h2-3,8,15,17-18,24H,1,4-7,9-12,23H2,(H,25,27,28). The van der Waals surface area contributed by atoms with Crippen LogP contribution in [-0.2, 0) is 22.7 Å². The molecule has 1 spiro atoms. The van der Waals surface area contributed by atoms with Crippen LogP contribution in [0.4, 0.5) is 0 Å². The van der Waals surface area contributed by atoms with Gasteiger partial charge in [0.25, 0.3) is 5.91 Å². The van der Waals surface area contributed by atoms with E-state index in [1.165, 1.54) is 19.3 Å². The molecule has 1 saturated heterocycles. The molecule has 3 unspecified atom stereocenters. The van der Waals surface area contributed by atoms with E-state index in [2.05, 4.69) is 16.7 Å². The lowest BCUT2D eigenvalue weighted by Gasteiger charge is -2.60. The highest BCUT2D eigenvalue weighted by atomic mass is 16.2. The van der Waals surface area contributed by atoms with Crippen molar-refractivity contribution >= 4 is 17.7 Å². The number of piperidine rings is 1. The molecule has 2 heterocycles. The number of imide groups is 1. The molecule has 0 radical (unpaired) electrons. The van der Waals surface area contributed by atoms with Crippen molar-refractivity contribution < 1.29 is 14.4 Å². The molecule has 4 aliphatic rings. The van der Waals surface area contributed by atoms with E-state index in [1.807, 2.05) is 12.1 Å². The molecule has 2 aliphatic carbocycles. The van der Waals surface area contributed by atoms with Gasteiger partial charge in [-0.15, -0.1) is 0 Å². The van der Waals surface area contributed by atoms with Crippen LogP contribution in [0.5, 0.6) is 0 Å². The van der Waals surface area contributed by atoms with Crippen molar-refractivity contribution in [3.05, 3.63) is 34.9 Å². The minimum absolute atomic E-state index is 0.121. The molecule has 1 aromatic carbocycles. The number of nitrogens with zero attached hydrogens (tertiary/aromatic N) is 1. The Morgan fingerprint density at radius 1 is 1.24 bits per heavy atom. The van der Waals surface area contributed by atoms with Gasteiger partial charge in [0.15, 0.2) is 0 Å². The minimum Gasteiger partial charge on any atom is -0.327 e. The fraction of sp³-hybridized carbons (Fsp3) is 0.591. The smallest absolute Gasteiger partial charge is 0.255 e. The van der Waals surface area contributed by atoms with E-state index in [0.717, 1.165) is 30.6 Å². The summed E-state index contributed by atoms with van der Waals surface area (Å²) in [5.41, 5.74) is 9.42. The van der Waals surface area contributed by atoms with Gasteiger partial charge in [0.1, 0.15) is 6.04 Å². The molecule has 1 aromatic rings. The van der Waals surface area contributed by atoms with E-state index < -0.39 is 6.04 Å². The van der Waals surface area contributed by atoms with Crippen LogP contribution in [0.1, 0.15) is 60.0 Å². The summed E-state index contributed by atoms with van der Waals surface area (Å²) in [6.45, 7) is 2.18. The number of carbonyl (C=O) groups is 3. The Balaban J connectivity index is 1.20. The van der Waals surface area contributed by atoms with Gasteiger partial charge in [0.05, 0.1) is 0 Å². The number of nitrogens with one attached hydrogen (secondary N) is 2. The van der Waals surface area contributed by atoms with Crippen molar-refractivity contribution in [2.24, 2.45) is 17.1 Å². The molecule has 2 saturated carbocycles. The molecule has 0 bridgehead atoms. The highest BCUT2D eigenvalue weighted by Gasteiger charge is 2.55. The second kappa shape index (κ2) is 6.92. The van der Waals surface area contributed by atoms with Crippen LogP contribution in [0.25, 0.3) is 0 Å². The molecule has 3 fully saturated rings. The SMILES string of the molecule is NC1CC(CNCc2ccc3c(c2)CN(C2CCC(=O)NC2=O)C3=O)C12CCC2. The van der Waals surface area contributed by atoms with Gasteiger partial charge in [-0.2, -0.15) is 0 Å². The molecular weight excluding hydrogens is 368 g/mol. The first-order valence-electron chi connectivity index (χ1n) is 10.7. The third kappa shape index (κ3) is 2.99. The van der Waals surface area contributed by atoms with Crippen LogP contribution in [0, 0.1) is 11.3 Å². The van der Waals surface area contributed by atoms with Gasteiger partial charge in [-0.3, -0.25) is 19.7 Å². The molecule has 7 heteroatoms. The maximum absolute atomic E-state index is 12.8. The Kier molecular flexibility index (Phi) is 4.47. The fourth-order valence-electron chi connectivity index (χ4n) is 5.70. The largest absolute Gasteiger partial charge is 0.327 e. The van der Waals surface area contributed by atoms with Crippen molar-refractivity contribution in [1.29, 1.82) is 0 Å². The van der Waals surface area contributed by atoms with E-state index in [9.17, 15) is 14.4 Å². The molecule has 3 amide bonds. The predicted octanol–water partition coefficient (Wildman–Crippen LogP) is 1.05. The maximum Gasteiger partial charge on any atom is 0.255 e. The van der Waals surface area contributed by atoms with E-state index >= 15 is 0 Å². The molecule has 3 atom stereocenters. The summed E-state index contributed by atoms with van der Waals surface area (Å²) in [4.78, 5) is 37.9. The van der Waals surface area contributed by atoms with Crippen LogP contribution in [0.3, 0.4) is 0 Å². The number of amides is 3. The summed E-state index contributed by atoms with van der Waals surface area (Å²) in [5, 5.41) is 5.92. The number of fused-ring (bicyclic) bond motifs is 1. The van der Waals surface area contributed by atoms with E-state index in [4.69, 9.17) is 5.73 Å². The first kappa shape index (κ1) is 18.8. The van der Waals surface area contributed by atoms with Crippen LogP contribution in [0.2, 0.25) is 0 Å². The van der Waals surface area contributed by atoms with E-state index in [1.54, 1.807) is 4.90 Å². The first-order valence-corrected chi connectivity index (χ1v) is 10.7. The zero-order chi connectivity index (χ0) is 20.2. The van der Waals surface area contributed by atoms with Crippen molar-refractivity contribution in [3.63, 3.8) is 0 Å². The van der Waals surface area contributed by atoms with Crippen LogP contribution in [0.15, 0.2) is 18.2 Å². The summed E-state index contributed by atoms with van der Waals surface area (Å²) in [6, 6.07) is 5.75. The molecule has 5 rings (SSSR count). The summed E-state index contributed by atoms with van der Waals surface area (Å²) in [7, 11) is 0. The second-order valence-electron chi connectivity index (χ2n) is 9.15. The number of nitrogens with two attached hydrogens (primary N) is 1.